The number of alkyl halides is 2. The monoisotopic (exact) mass is 582 g/mol. The van der Waals surface area contributed by atoms with Crippen LogP contribution >= 0.6 is 19.2 Å². The fourth-order valence-corrected chi connectivity index (χ4v) is 5.50. The lowest BCUT2D eigenvalue weighted by atomic mass is 10.00. The molecule has 38 heavy (non-hydrogen) atoms. The van der Waals surface area contributed by atoms with E-state index in [9.17, 15) is 32.8 Å². The number of para-hydroxylation sites is 1. The molecule has 2 aromatic rings. The molecule has 1 aliphatic rings. The van der Waals surface area contributed by atoms with Gasteiger partial charge >= 0.3 is 19.3 Å². The molecule has 1 fully saturated rings. The summed E-state index contributed by atoms with van der Waals surface area (Å²) in [6.07, 6.45) is -7.37. The van der Waals surface area contributed by atoms with Crippen LogP contribution in [0.3, 0.4) is 0 Å². The largest absolute Gasteiger partial charge is 0.463 e. The Labute approximate surface area is 224 Å². The van der Waals surface area contributed by atoms with E-state index in [0.29, 0.717) is 10.8 Å². The summed E-state index contributed by atoms with van der Waals surface area (Å²) < 4.78 is 80.6. The van der Waals surface area contributed by atoms with Crippen molar-refractivity contribution < 1.29 is 44.5 Å². The molecule has 0 radical (unpaired) electrons. The Bertz CT molecular complexity index is 1380. The molecular formula is C23H28ClF2N2O9P. The Hall–Kier alpha value is -2.57. The fourth-order valence-electron chi connectivity index (χ4n) is 3.52. The van der Waals surface area contributed by atoms with E-state index < -0.39 is 85.4 Å². The zero-order valence-corrected chi connectivity index (χ0v) is 22.2. The van der Waals surface area contributed by atoms with Crippen LogP contribution in [0.15, 0.2) is 46.1 Å². The molecule has 3 rings (SSSR count). The molecule has 1 aromatic carbocycles. The van der Waals surface area contributed by atoms with E-state index in [1.54, 1.807) is 24.9 Å². The molecule has 1 aromatic heterocycles. The normalized spacial score (nSPS) is 26.8. The molecule has 0 spiro atoms. The van der Waals surface area contributed by atoms with Gasteiger partial charge in [0.2, 0.25) is 5.82 Å². The maximum Gasteiger partial charge on any atom is 0.380 e. The van der Waals surface area contributed by atoms with Crippen LogP contribution in [-0.4, -0.2) is 63.2 Å². The standard InChI is InChI=1S/C23H28ClF2N2O9P/c1-13(2)35-20(31)14(3)11-38(33,37-15-7-5-4-6-8-15)34-10-17-18(29)23(24,12-25)21(36-17)28-9-16(26)19(30)27-22(28)32/h4-9,13-14,17-18,21,29H,10-12H2,1-3H3,(H,27,30,32)/t14-,17-,18+,21-,23?,38+/m1/s1/i10D2. The molecule has 6 atom stereocenters. The second kappa shape index (κ2) is 12.1. The Morgan fingerprint density at radius 1 is 1.34 bits per heavy atom. The van der Waals surface area contributed by atoms with Crippen molar-refractivity contribution in [2.45, 2.75) is 50.2 Å². The molecule has 1 aliphatic heterocycles. The number of nitrogens with one attached hydrogen (secondary N) is 1. The second-order valence-corrected chi connectivity index (χ2v) is 11.5. The number of aromatic amines is 1. The summed E-state index contributed by atoms with van der Waals surface area (Å²) in [4.78, 5) is 35.2. The molecule has 1 saturated heterocycles. The van der Waals surface area contributed by atoms with Gasteiger partial charge in [0.1, 0.15) is 29.5 Å². The summed E-state index contributed by atoms with van der Waals surface area (Å²) in [5.74, 6) is -3.37. The molecule has 15 heteroatoms. The molecule has 2 heterocycles. The van der Waals surface area contributed by atoms with Crippen molar-refractivity contribution >= 4 is 25.2 Å². The average molecular weight is 583 g/mol. The first-order valence-electron chi connectivity index (χ1n) is 12.4. The molecule has 0 bridgehead atoms. The van der Waals surface area contributed by atoms with Gasteiger partial charge in [-0.1, -0.05) is 25.1 Å². The van der Waals surface area contributed by atoms with Crippen LogP contribution in [0.2, 0.25) is 0 Å². The summed E-state index contributed by atoms with van der Waals surface area (Å²) in [6.45, 7) is -0.336. The maximum absolute atomic E-state index is 14.2. The molecule has 11 nitrogen and oxygen atoms in total. The minimum absolute atomic E-state index is 0.0115. The minimum atomic E-state index is -4.64. The minimum Gasteiger partial charge on any atom is -0.463 e. The lowest BCUT2D eigenvalue weighted by Crippen LogP contribution is -2.47. The fraction of sp³-hybridized carbons (Fsp3) is 0.522. The summed E-state index contributed by atoms with van der Waals surface area (Å²) in [5.41, 5.74) is -2.68. The number of aromatic nitrogens is 2. The number of esters is 1. The number of hydrogen-bond acceptors (Lipinski definition) is 9. The highest BCUT2D eigenvalue weighted by Gasteiger charge is 2.57. The van der Waals surface area contributed by atoms with Crippen molar-refractivity contribution in [2.75, 3.05) is 19.4 Å². The number of aliphatic hydroxyl groups excluding tert-OH is 1. The first-order chi connectivity index (χ1) is 18.5. The molecule has 210 valence electrons. The zero-order chi connectivity index (χ0) is 30.0. The van der Waals surface area contributed by atoms with Gasteiger partial charge in [-0.05, 0) is 26.0 Å². The van der Waals surface area contributed by atoms with E-state index in [1.807, 2.05) is 0 Å². The Morgan fingerprint density at radius 2 is 2.00 bits per heavy atom. The Morgan fingerprint density at radius 3 is 2.61 bits per heavy atom. The second-order valence-electron chi connectivity index (χ2n) is 8.85. The molecule has 1 unspecified atom stereocenters. The van der Waals surface area contributed by atoms with Gasteiger partial charge in [0, 0.05) is 0 Å². The van der Waals surface area contributed by atoms with Crippen LogP contribution in [-0.2, 0) is 23.4 Å². The predicted molar refractivity (Wildman–Crippen MR) is 132 cm³/mol. The first-order valence-corrected chi connectivity index (χ1v) is 13.5. The number of halogens is 3. The highest BCUT2D eigenvalue weighted by Crippen LogP contribution is 2.51. The van der Waals surface area contributed by atoms with Crippen molar-refractivity contribution in [3.8, 4) is 5.75 Å². The van der Waals surface area contributed by atoms with E-state index in [2.05, 4.69) is 0 Å². The number of carbonyl (C=O) groups excluding carboxylic acids is 1. The van der Waals surface area contributed by atoms with Gasteiger partial charge in [-0.3, -0.25) is 23.7 Å². The third kappa shape index (κ3) is 6.70. The zero-order valence-electron chi connectivity index (χ0n) is 22.5. The SMILES string of the molecule is [2H]C([2H])(O[P@@](=O)(C[C@@H](C)C(=O)OC(C)C)Oc1ccccc1)[C@H]1O[C@@H](n2cc(F)c(=O)[nH]c2=O)C(Cl)(CF)[C@H]1O. The number of nitrogens with zero attached hydrogens (tertiary/aromatic N) is 1. The number of aliphatic hydroxyl groups is 1. The lowest BCUT2D eigenvalue weighted by molar-refractivity contribution is -0.151. The van der Waals surface area contributed by atoms with Gasteiger partial charge in [0.15, 0.2) is 6.23 Å². The maximum atomic E-state index is 14.2. The van der Waals surface area contributed by atoms with Crippen molar-refractivity contribution in [3.63, 3.8) is 0 Å². The number of H-pyrrole nitrogens is 1. The van der Waals surface area contributed by atoms with Crippen LogP contribution in [0.1, 0.15) is 29.7 Å². The third-order valence-electron chi connectivity index (χ3n) is 5.39. The summed E-state index contributed by atoms with van der Waals surface area (Å²) in [6, 6.07) is 7.47. The molecule has 0 aliphatic carbocycles. The first kappa shape index (κ1) is 27.0. The van der Waals surface area contributed by atoms with Crippen LogP contribution in [0.25, 0.3) is 0 Å². The van der Waals surface area contributed by atoms with Gasteiger partial charge in [-0.2, -0.15) is 4.39 Å². The van der Waals surface area contributed by atoms with Gasteiger partial charge in [-0.25, -0.2) is 13.8 Å². The van der Waals surface area contributed by atoms with Crippen LogP contribution in [0.5, 0.6) is 5.75 Å². The topological polar surface area (TPSA) is 146 Å². The average Bonchev–Trinajstić information content (AvgIpc) is 3.12. The van der Waals surface area contributed by atoms with E-state index in [0.717, 1.165) is 0 Å². The van der Waals surface area contributed by atoms with Crippen molar-refractivity contribution in [1.82, 2.24) is 9.55 Å². The van der Waals surface area contributed by atoms with Crippen molar-refractivity contribution in [1.29, 1.82) is 0 Å². The van der Waals surface area contributed by atoms with Crippen molar-refractivity contribution in [2.24, 2.45) is 5.92 Å². The van der Waals surface area contributed by atoms with E-state index in [-0.39, 0.29) is 5.75 Å². The van der Waals surface area contributed by atoms with Gasteiger partial charge in [0.25, 0.3) is 5.56 Å². The predicted octanol–water partition coefficient (Wildman–Crippen LogP) is 2.76. The quantitative estimate of drug-likeness (QED) is 0.232. The van der Waals surface area contributed by atoms with Crippen LogP contribution in [0, 0.1) is 11.7 Å². The third-order valence-corrected chi connectivity index (χ3v) is 7.77. The molecular weight excluding hydrogens is 553 g/mol. The van der Waals surface area contributed by atoms with E-state index in [4.69, 9.17) is 32.9 Å². The number of ether oxygens (including phenoxy) is 2. The highest BCUT2D eigenvalue weighted by atomic mass is 35.5. The summed E-state index contributed by atoms with van der Waals surface area (Å²) in [5, 5.41) is 10.8. The van der Waals surface area contributed by atoms with Gasteiger partial charge < -0.3 is 19.1 Å². The number of carbonyl (C=O) groups is 1. The smallest absolute Gasteiger partial charge is 0.380 e. The Kier molecular flexibility index (Phi) is 8.59. The molecule has 2 N–H and O–H groups in total. The molecule has 0 saturated carbocycles. The summed E-state index contributed by atoms with van der Waals surface area (Å²) >= 11 is 6.24. The lowest BCUT2D eigenvalue weighted by Gasteiger charge is -2.27. The van der Waals surface area contributed by atoms with Crippen molar-refractivity contribution in [3.05, 3.63) is 63.2 Å². The van der Waals surface area contributed by atoms with Crippen LogP contribution < -0.4 is 15.8 Å². The number of rotatable bonds is 11. The highest BCUT2D eigenvalue weighted by molar-refractivity contribution is 7.54. The molecule has 0 amide bonds. The number of benzene rings is 1. The van der Waals surface area contributed by atoms with Gasteiger partial charge in [-0.15, -0.1) is 11.6 Å². The Balaban J connectivity index is 1.98. The summed E-state index contributed by atoms with van der Waals surface area (Å²) in [7, 11) is -4.64. The van der Waals surface area contributed by atoms with Gasteiger partial charge in [0.05, 0.1) is 33.7 Å². The number of hydrogen-bond donors (Lipinski definition) is 2. The van der Waals surface area contributed by atoms with E-state index >= 15 is 0 Å². The van der Waals surface area contributed by atoms with E-state index in [1.165, 1.54) is 31.2 Å². The van der Waals surface area contributed by atoms with Crippen LogP contribution in [0.4, 0.5) is 8.78 Å².